The van der Waals surface area contributed by atoms with Crippen LogP contribution in [0.15, 0.2) is 24.5 Å². The number of nitrogens with one attached hydrogen (secondary N) is 1. The lowest BCUT2D eigenvalue weighted by atomic mass is 10.1. The van der Waals surface area contributed by atoms with Crippen molar-refractivity contribution >= 4 is 22.4 Å². The molecule has 0 radical (unpaired) electrons. The molecule has 0 amide bonds. The highest BCUT2D eigenvalue weighted by Crippen LogP contribution is 2.22. The summed E-state index contributed by atoms with van der Waals surface area (Å²) >= 11 is 0. The molecule has 4 N–H and O–H groups in total. The maximum Gasteiger partial charge on any atom is 0.137 e. The van der Waals surface area contributed by atoms with E-state index in [1.165, 1.54) is 6.33 Å². The van der Waals surface area contributed by atoms with Crippen LogP contribution >= 0.6 is 0 Å². The molecule has 0 aliphatic heterocycles. The summed E-state index contributed by atoms with van der Waals surface area (Å²) in [5.41, 5.74) is 7.23. The van der Waals surface area contributed by atoms with Crippen molar-refractivity contribution in [2.24, 2.45) is 5.92 Å². The first kappa shape index (κ1) is 12.6. The van der Waals surface area contributed by atoms with E-state index in [1.807, 2.05) is 32.0 Å². The Bertz CT molecular complexity index is 544. The van der Waals surface area contributed by atoms with Crippen LogP contribution in [0.3, 0.4) is 0 Å². The fraction of sp³-hybridized carbons (Fsp3) is 0.385. The maximum absolute atomic E-state index is 9.14. The topological polar surface area (TPSA) is 84.1 Å². The highest BCUT2D eigenvalue weighted by atomic mass is 16.3. The van der Waals surface area contributed by atoms with E-state index in [1.54, 1.807) is 0 Å². The maximum atomic E-state index is 9.14. The molecule has 1 heterocycles. The molecule has 0 bridgehead atoms. The summed E-state index contributed by atoms with van der Waals surface area (Å²) in [5, 5.41) is 13.4. The standard InChI is InChI=1S/C13H18N4O/c1-8(6-18)9(2)17-13-11-4-3-10(14)5-12(11)15-7-16-13/h3-5,7-9,18H,6,14H2,1-2H3,(H,15,16,17). The second-order valence-electron chi connectivity index (χ2n) is 4.59. The molecule has 1 aromatic heterocycles. The van der Waals surface area contributed by atoms with Crippen LogP contribution in [-0.2, 0) is 0 Å². The lowest BCUT2D eigenvalue weighted by Gasteiger charge is -2.20. The summed E-state index contributed by atoms with van der Waals surface area (Å²) < 4.78 is 0. The zero-order valence-corrected chi connectivity index (χ0v) is 10.6. The van der Waals surface area contributed by atoms with E-state index in [4.69, 9.17) is 10.8 Å². The molecule has 2 unspecified atom stereocenters. The first-order valence-electron chi connectivity index (χ1n) is 5.99. The van der Waals surface area contributed by atoms with Crippen LogP contribution in [0.5, 0.6) is 0 Å². The molecule has 96 valence electrons. The van der Waals surface area contributed by atoms with Crippen molar-refractivity contribution in [3.8, 4) is 0 Å². The quantitative estimate of drug-likeness (QED) is 0.714. The van der Waals surface area contributed by atoms with E-state index in [0.29, 0.717) is 5.69 Å². The number of aromatic nitrogens is 2. The van der Waals surface area contributed by atoms with Gasteiger partial charge in [0.2, 0.25) is 0 Å². The van der Waals surface area contributed by atoms with Crippen LogP contribution in [0.2, 0.25) is 0 Å². The molecule has 18 heavy (non-hydrogen) atoms. The fourth-order valence-electron chi connectivity index (χ4n) is 1.71. The molecule has 5 heteroatoms. The van der Waals surface area contributed by atoms with Gasteiger partial charge in [-0.1, -0.05) is 6.92 Å². The second kappa shape index (κ2) is 5.18. The molecule has 5 nitrogen and oxygen atoms in total. The average Bonchev–Trinajstić information content (AvgIpc) is 2.37. The molecule has 0 saturated heterocycles. The Morgan fingerprint density at radius 3 is 2.83 bits per heavy atom. The van der Waals surface area contributed by atoms with Crippen molar-refractivity contribution in [1.82, 2.24) is 9.97 Å². The third kappa shape index (κ3) is 2.51. The molecule has 2 aromatic rings. The zero-order chi connectivity index (χ0) is 13.1. The molecule has 0 aliphatic rings. The van der Waals surface area contributed by atoms with Crippen LogP contribution in [0, 0.1) is 5.92 Å². The highest BCUT2D eigenvalue weighted by molar-refractivity contribution is 5.90. The Balaban J connectivity index is 2.33. The third-order valence-electron chi connectivity index (χ3n) is 3.17. The molecule has 2 rings (SSSR count). The third-order valence-corrected chi connectivity index (χ3v) is 3.17. The summed E-state index contributed by atoms with van der Waals surface area (Å²) in [6, 6.07) is 5.69. The van der Waals surface area contributed by atoms with Crippen molar-refractivity contribution in [3.05, 3.63) is 24.5 Å². The predicted octanol–water partition coefficient (Wildman–Crippen LogP) is 1.64. The summed E-state index contributed by atoms with van der Waals surface area (Å²) in [5.74, 6) is 0.927. The van der Waals surface area contributed by atoms with E-state index < -0.39 is 0 Å². The lowest BCUT2D eigenvalue weighted by molar-refractivity contribution is 0.226. The summed E-state index contributed by atoms with van der Waals surface area (Å²) in [6.07, 6.45) is 1.51. The smallest absolute Gasteiger partial charge is 0.137 e. The first-order chi connectivity index (χ1) is 8.61. The van der Waals surface area contributed by atoms with Crippen LogP contribution < -0.4 is 11.1 Å². The van der Waals surface area contributed by atoms with Gasteiger partial charge in [-0.3, -0.25) is 0 Å². The predicted molar refractivity (Wildman–Crippen MR) is 73.3 cm³/mol. The Kier molecular flexibility index (Phi) is 3.62. The largest absolute Gasteiger partial charge is 0.399 e. The minimum Gasteiger partial charge on any atom is -0.399 e. The van der Waals surface area contributed by atoms with Crippen LogP contribution in [0.1, 0.15) is 13.8 Å². The number of nitrogens with zero attached hydrogens (tertiary/aromatic N) is 2. The lowest BCUT2D eigenvalue weighted by Crippen LogP contribution is -2.26. The molecule has 0 fully saturated rings. The van der Waals surface area contributed by atoms with Gasteiger partial charge >= 0.3 is 0 Å². The van der Waals surface area contributed by atoms with Gasteiger partial charge in [-0.25, -0.2) is 9.97 Å². The summed E-state index contributed by atoms with van der Waals surface area (Å²) in [4.78, 5) is 8.44. The Hall–Kier alpha value is -1.88. The van der Waals surface area contributed by atoms with Gasteiger partial charge in [0.15, 0.2) is 0 Å². The number of nitrogens with two attached hydrogens (primary N) is 1. The minimum atomic E-state index is 0.130. The highest BCUT2D eigenvalue weighted by Gasteiger charge is 2.13. The number of benzene rings is 1. The van der Waals surface area contributed by atoms with Crippen molar-refractivity contribution in [3.63, 3.8) is 0 Å². The number of anilines is 2. The molecule has 1 aromatic carbocycles. The summed E-state index contributed by atoms with van der Waals surface area (Å²) in [7, 11) is 0. The SMILES string of the molecule is CC(CO)C(C)Nc1ncnc2cc(N)ccc12. The van der Waals surface area contributed by atoms with Crippen molar-refractivity contribution in [2.75, 3.05) is 17.7 Å². The van der Waals surface area contributed by atoms with E-state index >= 15 is 0 Å². The van der Waals surface area contributed by atoms with Crippen LogP contribution in [0.4, 0.5) is 11.5 Å². The number of aliphatic hydroxyl groups is 1. The number of hydrogen-bond donors (Lipinski definition) is 3. The van der Waals surface area contributed by atoms with Gasteiger partial charge in [-0.15, -0.1) is 0 Å². The minimum absolute atomic E-state index is 0.130. The first-order valence-corrected chi connectivity index (χ1v) is 5.99. The average molecular weight is 246 g/mol. The van der Waals surface area contributed by atoms with Gasteiger partial charge in [0.25, 0.3) is 0 Å². The monoisotopic (exact) mass is 246 g/mol. The fourth-order valence-corrected chi connectivity index (χ4v) is 1.71. The van der Waals surface area contributed by atoms with Gasteiger partial charge in [0, 0.05) is 23.7 Å². The van der Waals surface area contributed by atoms with Gasteiger partial charge in [-0.2, -0.15) is 0 Å². The molecule has 0 saturated carbocycles. The zero-order valence-electron chi connectivity index (χ0n) is 10.6. The second-order valence-corrected chi connectivity index (χ2v) is 4.59. The molecule has 0 spiro atoms. The number of aliphatic hydroxyl groups excluding tert-OH is 1. The van der Waals surface area contributed by atoms with E-state index in [2.05, 4.69) is 15.3 Å². The Morgan fingerprint density at radius 2 is 2.11 bits per heavy atom. The molecular formula is C13H18N4O. The van der Waals surface area contributed by atoms with Gasteiger partial charge in [0.1, 0.15) is 12.1 Å². The van der Waals surface area contributed by atoms with Crippen molar-refractivity contribution in [1.29, 1.82) is 0 Å². The molecule has 2 atom stereocenters. The Labute approximate surface area is 106 Å². The van der Waals surface area contributed by atoms with Gasteiger partial charge in [-0.05, 0) is 31.0 Å². The summed E-state index contributed by atoms with van der Waals surface area (Å²) in [6.45, 7) is 4.15. The number of hydrogen-bond acceptors (Lipinski definition) is 5. The normalized spacial score (nSPS) is 14.4. The van der Waals surface area contributed by atoms with Crippen LogP contribution in [0.25, 0.3) is 10.9 Å². The van der Waals surface area contributed by atoms with Crippen molar-refractivity contribution < 1.29 is 5.11 Å². The van der Waals surface area contributed by atoms with Gasteiger partial charge in [0.05, 0.1) is 5.52 Å². The van der Waals surface area contributed by atoms with Crippen molar-refractivity contribution in [2.45, 2.75) is 19.9 Å². The number of rotatable bonds is 4. The van der Waals surface area contributed by atoms with E-state index in [0.717, 1.165) is 16.7 Å². The Morgan fingerprint density at radius 1 is 1.33 bits per heavy atom. The van der Waals surface area contributed by atoms with E-state index in [9.17, 15) is 0 Å². The van der Waals surface area contributed by atoms with E-state index in [-0.39, 0.29) is 18.6 Å². The number of fused-ring (bicyclic) bond motifs is 1. The van der Waals surface area contributed by atoms with Gasteiger partial charge < -0.3 is 16.2 Å². The van der Waals surface area contributed by atoms with Crippen LogP contribution in [-0.4, -0.2) is 27.7 Å². The molecular weight excluding hydrogens is 228 g/mol. The number of nitrogen functional groups attached to an aromatic ring is 1. The molecule has 0 aliphatic carbocycles.